The maximum absolute atomic E-state index is 11.6. The third-order valence-electron chi connectivity index (χ3n) is 2.87. The lowest BCUT2D eigenvalue weighted by Gasteiger charge is -2.24. The summed E-state index contributed by atoms with van der Waals surface area (Å²) < 4.78 is 5.60. The van der Waals surface area contributed by atoms with Crippen LogP contribution >= 0.6 is 0 Å². The van der Waals surface area contributed by atoms with Crippen LogP contribution in [0.4, 0.5) is 0 Å². The molecule has 0 saturated carbocycles. The molecule has 0 aromatic heterocycles. The van der Waals surface area contributed by atoms with Gasteiger partial charge in [-0.2, -0.15) is 0 Å². The summed E-state index contributed by atoms with van der Waals surface area (Å²) in [4.78, 5) is 11.6. The molecular weight excluding hydrogens is 204 g/mol. The second kappa shape index (κ2) is 7.63. The summed E-state index contributed by atoms with van der Waals surface area (Å²) >= 11 is 0. The predicted octanol–water partition coefficient (Wildman–Crippen LogP) is 1.06. The van der Waals surface area contributed by atoms with E-state index in [1.54, 1.807) is 0 Å². The maximum atomic E-state index is 11.6. The van der Waals surface area contributed by atoms with Crippen LogP contribution in [0.25, 0.3) is 0 Å². The van der Waals surface area contributed by atoms with Gasteiger partial charge < -0.3 is 15.4 Å². The van der Waals surface area contributed by atoms with Crippen LogP contribution < -0.4 is 10.6 Å². The normalized spacial score (nSPS) is 22.8. The van der Waals surface area contributed by atoms with E-state index < -0.39 is 0 Å². The average Bonchev–Trinajstić information content (AvgIpc) is 2.34. The molecule has 1 saturated heterocycles. The molecule has 0 aliphatic carbocycles. The molecule has 0 aromatic carbocycles. The van der Waals surface area contributed by atoms with E-state index in [-0.39, 0.29) is 18.1 Å². The quantitative estimate of drug-likeness (QED) is 0.714. The minimum Gasteiger partial charge on any atom is -0.377 e. The zero-order valence-corrected chi connectivity index (χ0v) is 10.4. The molecule has 1 amide bonds. The molecule has 1 heterocycles. The highest BCUT2D eigenvalue weighted by atomic mass is 16.5. The Kier molecular flexibility index (Phi) is 6.42. The molecule has 2 N–H and O–H groups in total. The van der Waals surface area contributed by atoms with Gasteiger partial charge in [0.2, 0.25) is 5.91 Å². The standard InChI is InChI=1S/C12H24N2O2/c1-3-7-13-12(15)10(2)14-9-11-6-4-5-8-16-11/h10-11,14H,3-9H2,1-2H3,(H,13,15). The molecule has 16 heavy (non-hydrogen) atoms. The smallest absolute Gasteiger partial charge is 0.236 e. The molecule has 1 fully saturated rings. The van der Waals surface area contributed by atoms with E-state index in [1.165, 1.54) is 12.8 Å². The van der Waals surface area contributed by atoms with Crippen LogP contribution in [-0.2, 0) is 9.53 Å². The number of amides is 1. The van der Waals surface area contributed by atoms with Crippen molar-refractivity contribution in [3.8, 4) is 0 Å². The molecule has 2 atom stereocenters. The third kappa shape index (κ3) is 4.94. The van der Waals surface area contributed by atoms with Crippen molar-refractivity contribution in [2.24, 2.45) is 0 Å². The van der Waals surface area contributed by atoms with E-state index in [0.29, 0.717) is 0 Å². The highest BCUT2D eigenvalue weighted by molar-refractivity contribution is 5.81. The third-order valence-corrected chi connectivity index (χ3v) is 2.87. The van der Waals surface area contributed by atoms with Gasteiger partial charge >= 0.3 is 0 Å². The largest absolute Gasteiger partial charge is 0.377 e. The fraction of sp³-hybridized carbons (Fsp3) is 0.917. The van der Waals surface area contributed by atoms with Gasteiger partial charge in [0.15, 0.2) is 0 Å². The summed E-state index contributed by atoms with van der Waals surface area (Å²) in [6, 6.07) is -0.128. The van der Waals surface area contributed by atoms with Crippen molar-refractivity contribution >= 4 is 5.91 Å². The van der Waals surface area contributed by atoms with E-state index in [9.17, 15) is 4.79 Å². The van der Waals surface area contributed by atoms with E-state index in [4.69, 9.17) is 4.74 Å². The summed E-state index contributed by atoms with van der Waals surface area (Å²) in [5, 5.41) is 6.10. The van der Waals surface area contributed by atoms with Crippen molar-refractivity contribution < 1.29 is 9.53 Å². The molecule has 0 radical (unpaired) electrons. The zero-order valence-electron chi connectivity index (χ0n) is 10.4. The van der Waals surface area contributed by atoms with Crippen molar-refractivity contribution in [3.63, 3.8) is 0 Å². The first-order valence-corrected chi connectivity index (χ1v) is 6.36. The van der Waals surface area contributed by atoms with Crippen LogP contribution in [0.5, 0.6) is 0 Å². The van der Waals surface area contributed by atoms with Crippen LogP contribution in [0, 0.1) is 0 Å². The van der Waals surface area contributed by atoms with Gasteiger partial charge in [-0.1, -0.05) is 6.92 Å². The Hall–Kier alpha value is -0.610. The van der Waals surface area contributed by atoms with Crippen molar-refractivity contribution in [3.05, 3.63) is 0 Å². The van der Waals surface area contributed by atoms with Crippen LogP contribution in [0.3, 0.4) is 0 Å². The Morgan fingerprint density at radius 2 is 2.31 bits per heavy atom. The van der Waals surface area contributed by atoms with E-state index in [1.807, 2.05) is 13.8 Å². The number of nitrogens with one attached hydrogen (secondary N) is 2. The van der Waals surface area contributed by atoms with Crippen LogP contribution in [0.1, 0.15) is 39.5 Å². The molecule has 2 unspecified atom stereocenters. The fourth-order valence-corrected chi connectivity index (χ4v) is 1.77. The van der Waals surface area contributed by atoms with Gasteiger partial charge in [0.1, 0.15) is 0 Å². The van der Waals surface area contributed by atoms with Crippen molar-refractivity contribution in [2.75, 3.05) is 19.7 Å². The van der Waals surface area contributed by atoms with E-state index in [0.717, 1.165) is 32.5 Å². The highest BCUT2D eigenvalue weighted by Crippen LogP contribution is 2.11. The fourth-order valence-electron chi connectivity index (χ4n) is 1.77. The molecule has 1 aliphatic rings. The van der Waals surface area contributed by atoms with E-state index >= 15 is 0 Å². The Labute approximate surface area is 98.1 Å². The Morgan fingerprint density at radius 3 is 2.94 bits per heavy atom. The van der Waals surface area contributed by atoms with Crippen LogP contribution in [-0.4, -0.2) is 37.7 Å². The summed E-state index contributed by atoms with van der Waals surface area (Å²) in [5.41, 5.74) is 0. The van der Waals surface area contributed by atoms with Gasteiger partial charge in [-0.15, -0.1) is 0 Å². The molecule has 0 aromatic rings. The van der Waals surface area contributed by atoms with E-state index in [2.05, 4.69) is 10.6 Å². The molecule has 4 heteroatoms. The average molecular weight is 228 g/mol. The van der Waals surface area contributed by atoms with Gasteiger partial charge in [-0.3, -0.25) is 4.79 Å². The maximum Gasteiger partial charge on any atom is 0.236 e. The molecule has 94 valence electrons. The Balaban J connectivity index is 2.12. The minimum absolute atomic E-state index is 0.0812. The minimum atomic E-state index is -0.128. The summed E-state index contributed by atoms with van der Waals surface area (Å²) in [5.74, 6) is 0.0812. The Bertz CT molecular complexity index is 203. The number of rotatable bonds is 6. The Morgan fingerprint density at radius 1 is 1.50 bits per heavy atom. The number of hydrogen-bond donors (Lipinski definition) is 2. The van der Waals surface area contributed by atoms with Gasteiger partial charge in [0.05, 0.1) is 12.1 Å². The first kappa shape index (κ1) is 13.5. The zero-order chi connectivity index (χ0) is 11.8. The van der Waals surface area contributed by atoms with Crippen LogP contribution in [0.2, 0.25) is 0 Å². The molecular formula is C12H24N2O2. The molecule has 0 spiro atoms. The van der Waals surface area contributed by atoms with Crippen LogP contribution in [0.15, 0.2) is 0 Å². The SMILES string of the molecule is CCCNC(=O)C(C)NCC1CCCCO1. The summed E-state index contributed by atoms with van der Waals surface area (Å²) in [6.07, 6.45) is 4.78. The lowest BCUT2D eigenvalue weighted by molar-refractivity contribution is -0.122. The van der Waals surface area contributed by atoms with Crippen molar-refractivity contribution in [1.82, 2.24) is 10.6 Å². The van der Waals surface area contributed by atoms with Crippen molar-refractivity contribution in [2.45, 2.75) is 51.7 Å². The first-order valence-electron chi connectivity index (χ1n) is 6.36. The predicted molar refractivity (Wildman–Crippen MR) is 64.4 cm³/mol. The lowest BCUT2D eigenvalue weighted by atomic mass is 10.1. The summed E-state index contributed by atoms with van der Waals surface area (Å²) in [7, 11) is 0. The van der Waals surface area contributed by atoms with Gasteiger partial charge in [-0.25, -0.2) is 0 Å². The number of carbonyl (C=O) groups excluding carboxylic acids is 1. The van der Waals surface area contributed by atoms with Gasteiger partial charge in [0, 0.05) is 19.7 Å². The number of hydrogen-bond acceptors (Lipinski definition) is 3. The van der Waals surface area contributed by atoms with Crippen molar-refractivity contribution in [1.29, 1.82) is 0 Å². The number of carbonyl (C=O) groups is 1. The highest BCUT2D eigenvalue weighted by Gasteiger charge is 2.17. The topological polar surface area (TPSA) is 50.4 Å². The lowest BCUT2D eigenvalue weighted by Crippen LogP contribution is -2.45. The molecule has 1 rings (SSSR count). The van der Waals surface area contributed by atoms with Gasteiger partial charge in [0.25, 0.3) is 0 Å². The second-order valence-electron chi connectivity index (χ2n) is 4.41. The summed E-state index contributed by atoms with van der Waals surface area (Å²) in [6.45, 7) is 6.34. The molecule has 0 bridgehead atoms. The number of ether oxygens (including phenoxy) is 1. The van der Waals surface area contributed by atoms with Gasteiger partial charge in [-0.05, 0) is 32.6 Å². The molecule has 4 nitrogen and oxygen atoms in total. The first-order chi connectivity index (χ1) is 7.74. The molecule has 1 aliphatic heterocycles. The monoisotopic (exact) mass is 228 g/mol. The second-order valence-corrected chi connectivity index (χ2v) is 4.41.